The zero-order chi connectivity index (χ0) is 10.8. The smallest absolute Gasteiger partial charge is 0.446 e. The third kappa shape index (κ3) is 3.42. The molecule has 6 heteroatoms. The van der Waals surface area contributed by atoms with Crippen LogP contribution in [0.4, 0.5) is 13.2 Å². The van der Waals surface area contributed by atoms with Gasteiger partial charge in [-0.3, -0.25) is 0 Å². The maximum absolute atomic E-state index is 12.0. The summed E-state index contributed by atoms with van der Waals surface area (Å²) in [5.41, 5.74) is -4.26. The first-order chi connectivity index (χ1) is 6.42. The van der Waals surface area contributed by atoms with Crippen molar-refractivity contribution < 1.29 is 17.9 Å². The van der Waals surface area contributed by atoms with Gasteiger partial charge in [0.25, 0.3) is 0 Å². The third-order valence-electron chi connectivity index (χ3n) is 1.36. The van der Waals surface area contributed by atoms with Gasteiger partial charge in [-0.2, -0.15) is 13.2 Å². The zero-order valence-corrected chi connectivity index (χ0v) is 9.46. The minimum absolute atomic E-state index is 0.130. The Bertz CT molecular complexity index is 327. The average molecular weight is 287 g/mol. The van der Waals surface area contributed by atoms with Crippen LogP contribution in [0.25, 0.3) is 0 Å². The SMILES string of the molecule is COc1ccc(SC(F)(F)F)cc1Br. The highest BCUT2D eigenvalue weighted by molar-refractivity contribution is 9.10. The maximum Gasteiger partial charge on any atom is 0.446 e. The van der Waals surface area contributed by atoms with Crippen molar-refractivity contribution in [1.29, 1.82) is 0 Å². The van der Waals surface area contributed by atoms with Crippen molar-refractivity contribution in [3.63, 3.8) is 0 Å². The molecule has 0 aliphatic carbocycles. The molecule has 0 heterocycles. The first-order valence-corrected chi connectivity index (χ1v) is 5.12. The quantitative estimate of drug-likeness (QED) is 0.758. The van der Waals surface area contributed by atoms with Crippen LogP contribution in [0.3, 0.4) is 0 Å². The van der Waals surface area contributed by atoms with E-state index in [0.717, 1.165) is 0 Å². The lowest BCUT2D eigenvalue weighted by atomic mass is 10.3. The van der Waals surface area contributed by atoms with Crippen LogP contribution in [-0.4, -0.2) is 12.6 Å². The fourth-order valence-electron chi connectivity index (χ4n) is 0.844. The van der Waals surface area contributed by atoms with Crippen LogP contribution in [0, 0.1) is 0 Å². The molecule has 1 aromatic carbocycles. The van der Waals surface area contributed by atoms with Crippen LogP contribution < -0.4 is 4.74 Å². The Hall–Kier alpha value is -0.360. The van der Waals surface area contributed by atoms with E-state index in [-0.39, 0.29) is 16.7 Å². The van der Waals surface area contributed by atoms with E-state index in [2.05, 4.69) is 15.9 Å². The topological polar surface area (TPSA) is 9.23 Å². The van der Waals surface area contributed by atoms with Gasteiger partial charge in [-0.1, -0.05) is 0 Å². The fraction of sp³-hybridized carbons (Fsp3) is 0.250. The van der Waals surface area contributed by atoms with E-state index < -0.39 is 5.51 Å². The number of halogens is 4. The van der Waals surface area contributed by atoms with Crippen LogP contribution in [-0.2, 0) is 0 Å². The van der Waals surface area contributed by atoms with Gasteiger partial charge in [0.05, 0.1) is 11.6 Å². The minimum atomic E-state index is -4.26. The van der Waals surface area contributed by atoms with E-state index in [0.29, 0.717) is 10.2 Å². The maximum atomic E-state index is 12.0. The summed E-state index contributed by atoms with van der Waals surface area (Å²) in [7, 11) is 1.46. The van der Waals surface area contributed by atoms with Gasteiger partial charge in [-0.05, 0) is 45.9 Å². The van der Waals surface area contributed by atoms with Crippen LogP contribution in [0.5, 0.6) is 5.75 Å². The van der Waals surface area contributed by atoms with Gasteiger partial charge in [0.1, 0.15) is 5.75 Å². The second kappa shape index (κ2) is 4.44. The van der Waals surface area contributed by atoms with Crippen molar-refractivity contribution in [2.24, 2.45) is 0 Å². The fourth-order valence-corrected chi connectivity index (χ4v) is 2.12. The molecule has 0 unspecified atom stereocenters. The minimum Gasteiger partial charge on any atom is -0.496 e. The molecule has 0 N–H and O–H groups in total. The number of hydrogen-bond acceptors (Lipinski definition) is 2. The number of rotatable bonds is 2. The Morgan fingerprint density at radius 2 is 2.00 bits per heavy atom. The summed E-state index contributed by atoms with van der Waals surface area (Å²) in [5.74, 6) is 0.511. The first-order valence-electron chi connectivity index (χ1n) is 3.51. The lowest BCUT2D eigenvalue weighted by molar-refractivity contribution is -0.0328. The molecule has 0 fully saturated rings. The summed E-state index contributed by atoms with van der Waals surface area (Å²) >= 11 is 2.96. The molecule has 78 valence electrons. The molecule has 14 heavy (non-hydrogen) atoms. The number of thioether (sulfide) groups is 1. The Balaban J connectivity index is 2.87. The van der Waals surface area contributed by atoms with Gasteiger partial charge in [0.15, 0.2) is 0 Å². The number of hydrogen-bond donors (Lipinski definition) is 0. The summed E-state index contributed by atoms with van der Waals surface area (Å²) in [5, 5.41) is 0. The highest BCUT2D eigenvalue weighted by atomic mass is 79.9. The molecule has 1 rings (SSSR count). The number of methoxy groups -OCH3 is 1. The Kier molecular flexibility index (Phi) is 3.71. The molecule has 0 saturated carbocycles. The monoisotopic (exact) mass is 286 g/mol. The molecule has 1 aromatic rings. The second-order valence-corrected chi connectivity index (χ2v) is 4.34. The van der Waals surface area contributed by atoms with Crippen molar-refractivity contribution in [2.75, 3.05) is 7.11 Å². The van der Waals surface area contributed by atoms with Gasteiger partial charge >= 0.3 is 5.51 Å². The van der Waals surface area contributed by atoms with Crippen molar-refractivity contribution in [1.82, 2.24) is 0 Å². The number of benzene rings is 1. The van der Waals surface area contributed by atoms with E-state index in [9.17, 15) is 13.2 Å². The van der Waals surface area contributed by atoms with E-state index >= 15 is 0 Å². The van der Waals surface area contributed by atoms with Gasteiger partial charge in [-0.15, -0.1) is 0 Å². The molecule has 0 aliphatic rings. The van der Waals surface area contributed by atoms with E-state index in [1.54, 1.807) is 0 Å². The van der Waals surface area contributed by atoms with E-state index in [1.165, 1.54) is 25.3 Å². The molecule has 0 radical (unpaired) electrons. The second-order valence-electron chi connectivity index (χ2n) is 2.34. The molecule has 1 nitrogen and oxygen atoms in total. The summed E-state index contributed by atoms with van der Waals surface area (Å²) in [6, 6.07) is 4.22. The molecule has 0 bridgehead atoms. The molecule has 0 amide bonds. The number of ether oxygens (including phenoxy) is 1. The van der Waals surface area contributed by atoms with E-state index in [4.69, 9.17) is 4.74 Å². The van der Waals surface area contributed by atoms with Crippen LogP contribution in [0.15, 0.2) is 27.6 Å². The lowest BCUT2D eigenvalue weighted by Gasteiger charge is -2.07. The molecule has 0 spiro atoms. The zero-order valence-electron chi connectivity index (χ0n) is 7.06. The van der Waals surface area contributed by atoms with Crippen molar-refractivity contribution in [2.45, 2.75) is 10.4 Å². The highest BCUT2D eigenvalue weighted by Gasteiger charge is 2.29. The third-order valence-corrected chi connectivity index (χ3v) is 2.70. The standard InChI is InChI=1S/C8H6BrF3OS/c1-13-7-3-2-5(4-6(7)9)14-8(10,11)12/h2-4H,1H3. The lowest BCUT2D eigenvalue weighted by Crippen LogP contribution is -1.98. The van der Waals surface area contributed by atoms with Gasteiger partial charge in [0.2, 0.25) is 0 Å². The first kappa shape index (κ1) is 11.7. The molecule has 0 saturated heterocycles. The summed E-state index contributed by atoms with van der Waals surface area (Å²) in [6.07, 6.45) is 0. The van der Waals surface area contributed by atoms with Gasteiger partial charge < -0.3 is 4.74 Å². The molecular weight excluding hydrogens is 281 g/mol. The largest absolute Gasteiger partial charge is 0.496 e. The average Bonchev–Trinajstić information content (AvgIpc) is 2.01. The van der Waals surface area contributed by atoms with Crippen LogP contribution in [0.2, 0.25) is 0 Å². The Morgan fingerprint density at radius 3 is 2.43 bits per heavy atom. The van der Waals surface area contributed by atoms with E-state index in [1.807, 2.05) is 0 Å². The summed E-state index contributed by atoms with van der Waals surface area (Å²) < 4.78 is 41.3. The number of alkyl halides is 3. The van der Waals surface area contributed by atoms with Crippen molar-refractivity contribution >= 4 is 27.7 Å². The van der Waals surface area contributed by atoms with Crippen molar-refractivity contribution in [3.8, 4) is 5.75 Å². The molecule has 0 aromatic heterocycles. The van der Waals surface area contributed by atoms with Crippen LogP contribution in [0.1, 0.15) is 0 Å². The predicted octanol–water partition coefficient (Wildman–Crippen LogP) is 4.07. The van der Waals surface area contributed by atoms with Gasteiger partial charge in [0, 0.05) is 4.90 Å². The normalized spacial score (nSPS) is 11.5. The summed E-state index contributed by atoms with van der Waals surface area (Å²) in [6.45, 7) is 0. The Morgan fingerprint density at radius 1 is 1.36 bits per heavy atom. The molecule has 0 aliphatic heterocycles. The molecular formula is C8H6BrF3OS. The highest BCUT2D eigenvalue weighted by Crippen LogP contribution is 2.39. The van der Waals surface area contributed by atoms with Gasteiger partial charge in [-0.25, -0.2) is 0 Å². The summed E-state index contributed by atoms with van der Waals surface area (Å²) in [4.78, 5) is 0.130. The van der Waals surface area contributed by atoms with Crippen molar-refractivity contribution in [3.05, 3.63) is 22.7 Å². The molecule has 0 atom stereocenters. The Labute approximate surface area is 91.8 Å². The predicted molar refractivity (Wildman–Crippen MR) is 52.6 cm³/mol. The van der Waals surface area contributed by atoms with Crippen LogP contribution >= 0.6 is 27.7 Å².